The summed E-state index contributed by atoms with van der Waals surface area (Å²) in [6.07, 6.45) is 5.78. The van der Waals surface area contributed by atoms with E-state index in [1.54, 1.807) is 0 Å². The van der Waals surface area contributed by atoms with Crippen molar-refractivity contribution in [1.29, 1.82) is 0 Å². The van der Waals surface area contributed by atoms with Crippen LogP contribution in [0.15, 0.2) is 35.5 Å². The zero-order valence-electron chi connectivity index (χ0n) is 30.5. The van der Waals surface area contributed by atoms with Gasteiger partial charge in [0.05, 0.1) is 0 Å². The maximum absolute atomic E-state index is 11.0. The van der Waals surface area contributed by atoms with E-state index in [9.17, 15) is 4.79 Å². The topological polar surface area (TPSA) is 155 Å². The van der Waals surface area contributed by atoms with Crippen LogP contribution in [-0.4, -0.2) is 34.6 Å². The molecule has 0 aromatic carbocycles. The van der Waals surface area contributed by atoms with Gasteiger partial charge in [-0.1, -0.05) is 90.6 Å². The fourth-order valence-electron chi connectivity index (χ4n) is 3.80. The predicted molar refractivity (Wildman–Crippen MR) is 179 cm³/mol. The predicted octanol–water partition coefficient (Wildman–Crippen LogP) is 7.67. The zero-order chi connectivity index (χ0) is 39.3. The SMILES string of the molecule is C=C(C#CC1(O[Si](C)(C)C(C)(C)C)CCC=C(C#C/C(C)=C\COC(C)=O)C1(C)C)C[Si](C)(C)C.[C-]#[O+].[C-]#[O+].[C-]#[O+].[C-]#[O+].[C-]#[O+].[C-]#[O+].[Co].[Co]. The van der Waals surface area contributed by atoms with E-state index < -0.39 is 27.4 Å². The molecule has 9 nitrogen and oxygen atoms in total. The fraction of sp³-hybridized carbons (Fsp3) is 0.528. The molecule has 0 saturated carbocycles. The maximum atomic E-state index is 11.0. The van der Waals surface area contributed by atoms with Crippen LogP contribution in [0.3, 0.4) is 0 Å². The van der Waals surface area contributed by atoms with Crippen LogP contribution in [-0.2, 0) is 75.4 Å². The van der Waals surface area contributed by atoms with Crippen LogP contribution in [0.25, 0.3) is 0 Å². The van der Waals surface area contributed by atoms with Gasteiger partial charge in [-0.05, 0) is 61.2 Å². The molecule has 1 rings (SSSR count). The molecule has 272 valence electrons. The first-order chi connectivity index (χ1) is 21.7. The van der Waals surface area contributed by atoms with Crippen LogP contribution in [0.2, 0.25) is 43.8 Å². The van der Waals surface area contributed by atoms with Gasteiger partial charge in [-0.3, -0.25) is 4.79 Å². The molecule has 0 saturated heterocycles. The van der Waals surface area contributed by atoms with Gasteiger partial charge in [0.2, 0.25) is 0 Å². The average Bonchev–Trinajstić information content (AvgIpc) is 3.01. The van der Waals surface area contributed by atoms with Crippen molar-refractivity contribution in [3.8, 4) is 23.7 Å². The number of carbonyl (C=O) groups is 1. The van der Waals surface area contributed by atoms with Crippen LogP contribution in [0.5, 0.6) is 0 Å². The van der Waals surface area contributed by atoms with E-state index in [0.717, 1.165) is 35.6 Å². The first-order valence-corrected chi connectivity index (χ1v) is 20.5. The minimum atomic E-state index is -2.13. The molecule has 1 aliphatic carbocycles. The molecule has 1 aliphatic rings. The standard InChI is InChI=1S/C30H48O3Si2.6CO.2Co/c1-24(19-22-32-26(3)31)16-17-27-15-14-20-30(29(27,7)8,33-35(12,13)28(4,5)6)21-18-25(2)23-34(9,10)11;6*1-2;;/h15,19H,2,14,20,22-23H2,1,3-13H3;;;;;;;;/b24-19-;;;;;;;;. The number of hydrogen-bond donors (Lipinski definition) is 0. The van der Waals surface area contributed by atoms with E-state index in [2.05, 4.69) is 144 Å². The molecule has 0 spiro atoms. The number of carbonyl (C=O) groups excluding carboxylic acids is 1. The zero-order valence-corrected chi connectivity index (χ0v) is 34.6. The summed E-state index contributed by atoms with van der Waals surface area (Å²) in [4.78, 5) is 11.0. The van der Waals surface area contributed by atoms with Crippen LogP contribution in [0, 0.1) is 69.0 Å². The van der Waals surface area contributed by atoms with Gasteiger partial charge < -0.3 is 9.16 Å². The van der Waals surface area contributed by atoms with E-state index in [-0.39, 0.29) is 51.2 Å². The number of hydrogen-bond acceptors (Lipinski definition) is 3. The Morgan fingerprint density at radius 1 is 0.898 bits per heavy atom. The van der Waals surface area contributed by atoms with Crippen LogP contribution in [0.4, 0.5) is 0 Å². The molecule has 2 radical (unpaired) electrons. The Morgan fingerprint density at radius 2 is 1.33 bits per heavy atom. The summed E-state index contributed by atoms with van der Waals surface area (Å²) in [6, 6.07) is 0.991. The van der Waals surface area contributed by atoms with Crippen molar-refractivity contribution in [1.82, 2.24) is 0 Å². The van der Waals surface area contributed by atoms with E-state index in [1.807, 2.05) is 13.0 Å². The quantitative estimate of drug-likeness (QED) is 0.0891. The van der Waals surface area contributed by atoms with Gasteiger partial charge in [0.1, 0.15) is 12.2 Å². The molecule has 0 amide bonds. The number of esters is 1. The molecule has 0 fully saturated rings. The summed E-state index contributed by atoms with van der Waals surface area (Å²) in [5.41, 5.74) is 1.90. The fourth-order valence-corrected chi connectivity index (χ4v) is 6.75. The summed E-state index contributed by atoms with van der Waals surface area (Å²) in [7, 11) is -3.44. The van der Waals surface area contributed by atoms with Crippen molar-refractivity contribution in [3.63, 3.8) is 0 Å². The Kier molecular flexibility index (Phi) is 45.3. The van der Waals surface area contributed by atoms with Crippen molar-refractivity contribution < 1.29 is 75.4 Å². The third-order valence-corrected chi connectivity index (χ3v) is 13.0. The smallest absolute Gasteiger partial charge is 0 e. The first-order valence-electron chi connectivity index (χ1n) is 13.9. The minimum absolute atomic E-state index is 0. The second-order valence-electron chi connectivity index (χ2n) is 13.0. The molecular formula is C36H48Co2O9Si2. The Morgan fingerprint density at radius 3 is 1.69 bits per heavy atom. The van der Waals surface area contributed by atoms with Gasteiger partial charge in [-0.25, -0.2) is 0 Å². The van der Waals surface area contributed by atoms with Crippen LogP contribution in [0.1, 0.15) is 61.3 Å². The Bertz CT molecular complexity index is 1230. The molecule has 1 atom stereocenters. The van der Waals surface area contributed by atoms with Gasteiger partial charge in [0, 0.05) is 59.5 Å². The second kappa shape index (κ2) is 34.1. The van der Waals surface area contributed by atoms with Crippen molar-refractivity contribution in [3.05, 3.63) is 75.4 Å². The van der Waals surface area contributed by atoms with Gasteiger partial charge in [0.15, 0.2) is 8.32 Å². The third kappa shape index (κ3) is 27.1. The van der Waals surface area contributed by atoms with E-state index >= 15 is 0 Å². The summed E-state index contributed by atoms with van der Waals surface area (Å²) < 4.78 is 57.2. The van der Waals surface area contributed by atoms with Crippen molar-refractivity contribution >= 4 is 22.4 Å². The van der Waals surface area contributed by atoms with E-state index in [4.69, 9.17) is 37.1 Å². The summed E-state index contributed by atoms with van der Waals surface area (Å²) in [6.45, 7) is 57.8. The molecule has 0 aromatic rings. The minimum Gasteiger partial charge on any atom is 0 e. The normalized spacial score (nSPS) is 14.9. The van der Waals surface area contributed by atoms with Crippen LogP contribution >= 0.6 is 0 Å². The third-order valence-electron chi connectivity index (χ3n) is 7.02. The van der Waals surface area contributed by atoms with Crippen LogP contribution < -0.4 is 0 Å². The van der Waals surface area contributed by atoms with Gasteiger partial charge >= 0.3 is 73.8 Å². The molecular weight excluding hydrogens is 750 g/mol. The summed E-state index contributed by atoms with van der Waals surface area (Å²) >= 11 is 0. The van der Waals surface area contributed by atoms with Crippen molar-refractivity contribution in [2.75, 3.05) is 6.61 Å². The molecule has 49 heavy (non-hydrogen) atoms. The summed E-state index contributed by atoms with van der Waals surface area (Å²) in [5.74, 6) is 13.5. The molecule has 0 aliphatic heterocycles. The molecule has 0 N–H and O–H groups in total. The van der Waals surface area contributed by atoms with Gasteiger partial charge in [0.25, 0.3) is 0 Å². The first kappa shape index (κ1) is 65.1. The molecule has 0 bridgehead atoms. The molecule has 13 heteroatoms. The Labute approximate surface area is 318 Å². The second-order valence-corrected chi connectivity index (χ2v) is 23.2. The Hall–Kier alpha value is -2.34. The van der Waals surface area contributed by atoms with Crippen molar-refractivity contribution in [2.24, 2.45) is 5.41 Å². The van der Waals surface area contributed by atoms with E-state index in [1.165, 1.54) is 6.92 Å². The molecule has 1 unspecified atom stereocenters. The van der Waals surface area contributed by atoms with Gasteiger partial charge in [-0.15, -0.1) is 0 Å². The van der Waals surface area contributed by atoms with E-state index in [0.29, 0.717) is 0 Å². The summed E-state index contributed by atoms with van der Waals surface area (Å²) in [5, 5.41) is 0.0656. The molecule has 0 heterocycles. The Balaban J connectivity index is -0.000000180. The average molecular weight is 799 g/mol. The number of ether oxygens (including phenoxy) is 1. The largest absolute Gasteiger partial charge is 0 e. The number of rotatable bonds is 6. The van der Waals surface area contributed by atoms with Crippen molar-refractivity contribution in [2.45, 2.75) is 111 Å². The number of allylic oxidation sites excluding steroid dienone is 3. The maximum Gasteiger partial charge on any atom is 0 e. The molecule has 0 aromatic heterocycles. The monoisotopic (exact) mass is 798 g/mol. The van der Waals surface area contributed by atoms with Gasteiger partial charge in [-0.2, -0.15) is 0 Å².